The highest BCUT2D eigenvalue weighted by molar-refractivity contribution is 6.04. The minimum absolute atomic E-state index is 0.103. The average Bonchev–Trinajstić information content (AvgIpc) is 2.42. The average molecular weight is 264 g/mol. The Morgan fingerprint density at radius 1 is 1.26 bits per heavy atom. The van der Waals surface area contributed by atoms with Crippen molar-refractivity contribution in [2.24, 2.45) is 0 Å². The number of halogens is 2. The molecule has 6 heteroatoms. The summed E-state index contributed by atoms with van der Waals surface area (Å²) in [7, 11) is 1.44. The maximum atomic E-state index is 13.4. The van der Waals surface area contributed by atoms with Gasteiger partial charge in [-0.25, -0.2) is 8.78 Å². The van der Waals surface area contributed by atoms with Gasteiger partial charge in [0.2, 0.25) is 0 Å². The third kappa shape index (κ3) is 3.04. The van der Waals surface area contributed by atoms with Gasteiger partial charge < -0.3 is 10.1 Å². The first-order valence-electron chi connectivity index (χ1n) is 5.35. The molecule has 0 unspecified atom stereocenters. The van der Waals surface area contributed by atoms with Crippen molar-refractivity contribution in [2.75, 3.05) is 12.4 Å². The lowest BCUT2D eigenvalue weighted by Gasteiger charge is -2.07. The number of rotatable bonds is 3. The maximum Gasteiger partial charge on any atom is 0.257 e. The van der Waals surface area contributed by atoms with E-state index in [9.17, 15) is 13.6 Å². The summed E-state index contributed by atoms with van der Waals surface area (Å²) in [5, 5.41) is 2.33. The van der Waals surface area contributed by atoms with E-state index in [1.165, 1.54) is 25.6 Å². The molecule has 0 aliphatic carbocycles. The van der Waals surface area contributed by atoms with E-state index >= 15 is 0 Å². The Hall–Kier alpha value is -2.50. The van der Waals surface area contributed by atoms with E-state index in [-0.39, 0.29) is 11.3 Å². The SMILES string of the molecule is COc1cncc(C(=O)Nc2ccc(F)cc2F)c1. The number of benzene rings is 1. The van der Waals surface area contributed by atoms with Crippen LogP contribution in [0.5, 0.6) is 5.75 Å². The van der Waals surface area contributed by atoms with Gasteiger partial charge >= 0.3 is 0 Å². The fourth-order valence-corrected chi connectivity index (χ4v) is 1.44. The fourth-order valence-electron chi connectivity index (χ4n) is 1.44. The van der Waals surface area contributed by atoms with E-state index in [2.05, 4.69) is 10.3 Å². The molecule has 4 nitrogen and oxygen atoms in total. The molecule has 0 saturated carbocycles. The molecule has 0 atom stereocenters. The van der Waals surface area contributed by atoms with Gasteiger partial charge in [-0.1, -0.05) is 0 Å². The largest absolute Gasteiger partial charge is 0.495 e. The summed E-state index contributed by atoms with van der Waals surface area (Å²) < 4.78 is 31.0. The number of pyridine rings is 1. The molecule has 2 aromatic rings. The molecular formula is C13H10F2N2O2. The molecule has 2 rings (SSSR count). The van der Waals surface area contributed by atoms with Crippen molar-refractivity contribution in [1.29, 1.82) is 0 Å². The molecular weight excluding hydrogens is 254 g/mol. The maximum absolute atomic E-state index is 13.4. The van der Waals surface area contributed by atoms with E-state index in [1.807, 2.05) is 0 Å². The molecule has 0 bridgehead atoms. The zero-order valence-electron chi connectivity index (χ0n) is 9.98. The minimum Gasteiger partial charge on any atom is -0.495 e. The number of hydrogen-bond donors (Lipinski definition) is 1. The van der Waals surface area contributed by atoms with Crippen molar-refractivity contribution < 1.29 is 18.3 Å². The lowest BCUT2D eigenvalue weighted by Crippen LogP contribution is -2.13. The number of hydrogen-bond acceptors (Lipinski definition) is 3. The summed E-state index contributed by atoms with van der Waals surface area (Å²) in [6.07, 6.45) is 2.76. The van der Waals surface area contributed by atoms with Crippen molar-refractivity contribution in [2.45, 2.75) is 0 Å². The standard InChI is InChI=1S/C13H10F2N2O2/c1-19-10-4-8(6-16-7-10)13(18)17-12-3-2-9(14)5-11(12)15/h2-7H,1H3,(H,17,18). The first-order chi connectivity index (χ1) is 9.10. The number of nitrogens with zero attached hydrogens (tertiary/aromatic N) is 1. The Morgan fingerprint density at radius 2 is 2.05 bits per heavy atom. The highest BCUT2D eigenvalue weighted by Crippen LogP contribution is 2.17. The molecule has 19 heavy (non-hydrogen) atoms. The molecule has 0 spiro atoms. The Bertz CT molecular complexity index is 617. The molecule has 0 aliphatic rings. The number of amides is 1. The third-order valence-electron chi connectivity index (χ3n) is 2.39. The van der Waals surface area contributed by atoms with Crippen LogP contribution in [-0.2, 0) is 0 Å². The molecule has 1 aromatic heterocycles. The molecule has 98 valence electrons. The molecule has 1 heterocycles. The summed E-state index contributed by atoms with van der Waals surface area (Å²) in [6, 6.07) is 4.36. The van der Waals surface area contributed by atoms with Crippen LogP contribution in [0.4, 0.5) is 14.5 Å². The van der Waals surface area contributed by atoms with Crippen LogP contribution in [0.2, 0.25) is 0 Å². The first-order valence-corrected chi connectivity index (χ1v) is 5.35. The number of ether oxygens (including phenoxy) is 1. The monoisotopic (exact) mass is 264 g/mol. The van der Waals surface area contributed by atoms with Gasteiger partial charge in [-0.3, -0.25) is 9.78 Å². The van der Waals surface area contributed by atoms with Crippen LogP contribution in [0.15, 0.2) is 36.7 Å². The highest BCUT2D eigenvalue weighted by atomic mass is 19.1. The number of carbonyl (C=O) groups is 1. The van der Waals surface area contributed by atoms with Crippen LogP contribution in [0, 0.1) is 11.6 Å². The zero-order chi connectivity index (χ0) is 13.8. The van der Waals surface area contributed by atoms with Crippen LogP contribution < -0.4 is 10.1 Å². The van der Waals surface area contributed by atoms with Gasteiger partial charge in [-0.15, -0.1) is 0 Å². The number of aromatic nitrogens is 1. The topological polar surface area (TPSA) is 51.2 Å². The molecule has 1 aromatic carbocycles. The van der Waals surface area contributed by atoms with Crippen molar-refractivity contribution in [3.63, 3.8) is 0 Å². The van der Waals surface area contributed by atoms with Crippen LogP contribution in [0.3, 0.4) is 0 Å². The number of methoxy groups -OCH3 is 1. The Balaban J connectivity index is 2.20. The van der Waals surface area contributed by atoms with Crippen LogP contribution in [-0.4, -0.2) is 18.0 Å². The smallest absolute Gasteiger partial charge is 0.257 e. The predicted octanol–water partition coefficient (Wildman–Crippen LogP) is 2.62. The van der Waals surface area contributed by atoms with Crippen molar-refractivity contribution in [3.05, 3.63) is 53.9 Å². The van der Waals surface area contributed by atoms with Gasteiger partial charge in [0, 0.05) is 12.3 Å². The summed E-state index contributed by atoms with van der Waals surface area (Å²) in [5.41, 5.74) is 0.109. The minimum atomic E-state index is -0.843. The van der Waals surface area contributed by atoms with E-state index in [0.29, 0.717) is 11.8 Å². The number of anilines is 1. The lowest BCUT2D eigenvalue weighted by atomic mass is 10.2. The molecule has 0 radical (unpaired) electrons. The summed E-state index contributed by atoms with van der Waals surface area (Å²) in [6.45, 7) is 0. The molecule has 0 saturated heterocycles. The van der Waals surface area contributed by atoms with E-state index < -0.39 is 17.5 Å². The van der Waals surface area contributed by atoms with E-state index in [4.69, 9.17) is 4.74 Å². The van der Waals surface area contributed by atoms with Gasteiger partial charge in [-0.2, -0.15) is 0 Å². The summed E-state index contributed by atoms with van der Waals surface area (Å²) in [5.74, 6) is -1.70. The quantitative estimate of drug-likeness (QED) is 0.927. The third-order valence-corrected chi connectivity index (χ3v) is 2.39. The van der Waals surface area contributed by atoms with E-state index in [1.54, 1.807) is 0 Å². The summed E-state index contributed by atoms with van der Waals surface area (Å²) >= 11 is 0. The summed E-state index contributed by atoms with van der Waals surface area (Å²) in [4.78, 5) is 15.7. The normalized spacial score (nSPS) is 10.1. The number of carbonyl (C=O) groups excluding carboxylic acids is 1. The second kappa shape index (κ2) is 5.43. The number of nitrogens with one attached hydrogen (secondary N) is 1. The fraction of sp³-hybridized carbons (Fsp3) is 0.0769. The Kier molecular flexibility index (Phi) is 3.70. The zero-order valence-corrected chi connectivity index (χ0v) is 9.98. The molecule has 1 N–H and O–H groups in total. The predicted molar refractivity (Wildman–Crippen MR) is 65.1 cm³/mol. The van der Waals surface area contributed by atoms with Gasteiger partial charge in [0.05, 0.1) is 24.6 Å². The Morgan fingerprint density at radius 3 is 2.74 bits per heavy atom. The first kappa shape index (κ1) is 12.9. The van der Waals surface area contributed by atoms with Gasteiger partial charge in [0.1, 0.15) is 17.4 Å². The van der Waals surface area contributed by atoms with E-state index in [0.717, 1.165) is 12.1 Å². The van der Waals surface area contributed by atoms with Crippen LogP contribution in [0.1, 0.15) is 10.4 Å². The van der Waals surface area contributed by atoms with Gasteiger partial charge in [-0.05, 0) is 18.2 Å². The van der Waals surface area contributed by atoms with Gasteiger partial charge in [0.25, 0.3) is 5.91 Å². The molecule has 1 amide bonds. The molecule has 0 aliphatic heterocycles. The van der Waals surface area contributed by atoms with Crippen molar-refractivity contribution in [1.82, 2.24) is 4.98 Å². The highest BCUT2D eigenvalue weighted by Gasteiger charge is 2.11. The van der Waals surface area contributed by atoms with Crippen molar-refractivity contribution in [3.8, 4) is 5.75 Å². The second-order valence-electron chi connectivity index (χ2n) is 3.69. The van der Waals surface area contributed by atoms with Crippen LogP contribution in [0.25, 0.3) is 0 Å². The second-order valence-corrected chi connectivity index (χ2v) is 3.69. The lowest BCUT2D eigenvalue weighted by molar-refractivity contribution is 0.102. The van der Waals surface area contributed by atoms with Crippen molar-refractivity contribution >= 4 is 11.6 Å². The Labute approximate surface area is 108 Å². The van der Waals surface area contributed by atoms with Gasteiger partial charge in [0.15, 0.2) is 0 Å². The molecule has 0 fully saturated rings. The van der Waals surface area contributed by atoms with Crippen LogP contribution >= 0.6 is 0 Å².